The fourth-order valence-corrected chi connectivity index (χ4v) is 5.61. The predicted octanol–water partition coefficient (Wildman–Crippen LogP) is 5.86. The molecule has 12 heteroatoms. The molecule has 0 bridgehead atoms. The molecule has 0 radical (unpaired) electrons. The summed E-state index contributed by atoms with van der Waals surface area (Å²) in [6.45, 7) is 3.97. The number of oxime groups is 1. The Labute approximate surface area is 195 Å². The van der Waals surface area contributed by atoms with Crippen molar-refractivity contribution in [2.24, 2.45) is 10.6 Å². The van der Waals surface area contributed by atoms with Gasteiger partial charge in [-0.1, -0.05) is 30.6 Å². The Morgan fingerprint density at radius 1 is 1.28 bits per heavy atom. The van der Waals surface area contributed by atoms with E-state index in [1.165, 1.54) is 30.2 Å². The zero-order valence-electron chi connectivity index (χ0n) is 17.4. The molecule has 0 amide bonds. The molecule has 6 nitrogen and oxygen atoms in total. The Hall–Kier alpha value is -2.11. The van der Waals surface area contributed by atoms with E-state index in [2.05, 4.69) is 10.1 Å². The largest absolute Gasteiger partial charge is 0.465 e. The third kappa shape index (κ3) is 4.94. The predicted molar refractivity (Wildman–Crippen MR) is 116 cm³/mol. The lowest BCUT2D eigenvalue weighted by Crippen LogP contribution is -2.28. The molecular formula is C20H18ClF3N2O4S2. The molecular weight excluding hydrogens is 489 g/mol. The molecule has 1 aliphatic rings. The van der Waals surface area contributed by atoms with Crippen LogP contribution in [-0.2, 0) is 22.2 Å². The summed E-state index contributed by atoms with van der Waals surface area (Å²) in [7, 11) is 1.30. The van der Waals surface area contributed by atoms with E-state index in [1.54, 1.807) is 0 Å². The monoisotopic (exact) mass is 506 g/mol. The number of hydrogen-bond acceptors (Lipinski definition) is 8. The van der Waals surface area contributed by atoms with Crippen molar-refractivity contribution in [1.82, 2.24) is 4.98 Å². The van der Waals surface area contributed by atoms with E-state index in [9.17, 15) is 22.8 Å². The highest BCUT2D eigenvalue weighted by atomic mass is 35.5. The number of methoxy groups -OCH3 is 1. The number of fused-ring (bicyclic) bond motifs is 1. The first kappa shape index (κ1) is 24.5. The van der Waals surface area contributed by atoms with Crippen LogP contribution in [0.15, 0.2) is 21.6 Å². The SMILES string of the molecule is COC(=O)c1sc(SC)c2c1CC(C)(C)C/C2=N\OC(=O)c1ncc(C(F)(F)F)cc1Cl. The van der Waals surface area contributed by atoms with Crippen LogP contribution in [0.1, 0.15) is 57.1 Å². The first-order valence-corrected chi connectivity index (χ1v) is 11.6. The van der Waals surface area contributed by atoms with Crippen molar-refractivity contribution in [3.63, 3.8) is 0 Å². The normalized spacial score (nSPS) is 16.6. The van der Waals surface area contributed by atoms with Crippen molar-refractivity contribution in [3.8, 4) is 0 Å². The van der Waals surface area contributed by atoms with Gasteiger partial charge in [-0.05, 0) is 36.1 Å². The summed E-state index contributed by atoms with van der Waals surface area (Å²) in [5.74, 6) is -1.54. The molecule has 0 aliphatic heterocycles. The Morgan fingerprint density at radius 2 is 1.97 bits per heavy atom. The number of thioether (sulfide) groups is 1. The number of aromatic nitrogens is 1. The Morgan fingerprint density at radius 3 is 2.53 bits per heavy atom. The van der Waals surface area contributed by atoms with Crippen molar-refractivity contribution in [3.05, 3.63) is 44.5 Å². The van der Waals surface area contributed by atoms with Gasteiger partial charge in [0.25, 0.3) is 0 Å². The highest BCUT2D eigenvalue weighted by molar-refractivity contribution is 8.00. The second kappa shape index (κ2) is 9.03. The third-order valence-electron chi connectivity index (χ3n) is 4.72. The molecule has 3 rings (SSSR count). The zero-order chi connectivity index (χ0) is 23.8. The number of carbonyl (C=O) groups excluding carboxylic acids is 2. The summed E-state index contributed by atoms with van der Waals surface area (Å²) in [4.78, 5) is 33.7. The van der Waals surface area contributed by atoms with Crippen LogP contribution >= 0.6 is 34.7 Å². The van der Waals surface area contributed by atoms with E-state index in [1.807, 2.05) is 20.1 Å². The van der Waals surface area contributed by atoms with Gasteiger partial charge in [0.1, 0.15) is 4.88 Å². The average Bonchev–Trinajstić information content (AvgIpc) is 3.07. The lowest BCUT2D eigenvalue weighted by molar-refractivity contribution is -0.137. The van der Waals surface area contributed by atoms with E-state index in [0.29, 0.717) is 41.3 Å². The van der Waals surface area contributed by atoms with E-state index in [-0.39, 0.29) is 5.41 Å². The van der Waals surface area contributed by atoms with Gasteiger partial charge < -0.3 is 9.57 Å². The lowest BCUT2D eigenvalue weighted by Gasteiger charge is -2.31. The molecule has 2 aromatic rings. The lowest BCUT2D eigenvalue weighted by atomic mass is 9.74. The quantitative estimate of drug-likeness (QED) is 0.224. The summed E-state index contributed by atoms with van der Waals surface area (Å²) in [5.41, 5.74) is 0.0715. The van der Waals surface area contributed by atoms with Crippen LogP contribution in [0.5, 0.6) is 0 Å². The molecule has 0 N–H and O–H groups in total. The van der Waals surface area contributed by atoms with E-state index >= 15 is 0 Å². The highest BCUT2D eigenvalue weighted by Crippen LogP contribution is 2.45. The number of carbonyl (C=O) groups is 2. The molecule has 1 aliphatic carbocycles. The molecule has 172 valence electrons. The van der Waals surface area contributed by atoms with Crippen molar-refractivity contribution in [2.75, 3.05) is 13.4 Å². The molecule has 32 heavy (non-hydrogen) atoms. The molecule has 0 saturated heterocycles. The van der Waals surface area contributed by atoms with Gasteiger partial charge in [-0.25, -0.2) is 14.6 Å². The number of nitrogens with zero attached hydrogens (tertiary/aromatic N) is 2. The van der Waals surface area contributed by atoms with Crippen molar-refractivity contribution < 1.29 is 32.3 Å². The van der Waals surface area contributed by atoms with Crippen LogP contribution in [0.3, 0.4) is 0 Å². The number of rotatable bonds is 4. The molecule has 0 unspecified atom stereocenters. The van der Waals surface area contributed by atoms with Crippen molar-refractivity contribution >= 4 is 52.3 Å². The van der Waals surface area contributed by atoms with Gasteiger partial charge in [0.05, 0.1) is 27.6 Å². The fourth-order valence-electron chi connectivity index (χ4n) is 3.35. The fraction of sp³-hybridized carbons (Fsp3) is 0.400. The maximum atomic E-state index is 12.8. The first-order valence-electron chi connectivity index (χ1n) is 9.17. The summed E-state index contributed by atoms with van der Waals surface area (Å²) < 4.78 is 44.1. The van der Waals surface area contributed by atoms with Crippen LogP contribution < -0.4 is 0 Å². The molecule has 0 spiro atoms. The molecule has 0 fully saturated rings. The zero-order valence-corrected chi connectivity index (χ0v) is 19.8. The maximum absolute atomic E-state index is 12.8. The van der Waals surface area contributed by atoms with E-state index in [4.69, 9.17) is 21.2 Å². The smallest absolute Gasteiger partial charge is 0.417 e. The standard InChI is InChI=1S/C20H18ClF3N2O4S2/c1-19(2)6-10-13(18(31-4)32-15(10)17(28)29-3)12(7-19)26-30-16(27)14-11(21)5-9(8-25-14)20(22,23)24/h5,8H,6-7H2,1-4H3/b26-12+. The van der Waals surface area contributed by atoms with Crippen LogP contribution in [0, 0.1) is 5.41 Å². The summed E-state index contributed by atoms with van der Waals surface area (Å²) in [6, 6.07) is 0.605. The number of ether oxygens (including phenoxy) is 1. The van der Waals surface area contributed by atoms with Gasteiger partial charge in [0, 0.05) is 11.8 Å². The Bertz CT molecular complexity index is 1110. The minimum absolute atomic E-state index is 0.290. The number of pyridine rings is 1. The molecule has 2 heterocycles. The summed E-state index contributed by atoms with van der Waals surface area (Å²) in [6.07, 6.45) is -1.24. The van der Waals surface area contributed by atoms with E-state index < -0.39 is 34.4 Å². The number of esters is 1. The van der Waals surface area contributed by atoms with Crippen molar-refractivity contribution in [2.45, 2.75) is 37.1 Å². The van der Waals surface area contributed by atoms with Crippen molar-refractivity contribution in [1.29, 1.82) is 0 Å². The van der Waals surface area contributed by atoms with Crippen LogP contribution in [-0.4, -0.2) is 36.0 Å². The minimum Gasteiger partial charge on any atom is -0.465 e. The molecule has 0 aromatic carbocycles. The summed E-state index contributed by atoms with van der Waals surface area (Å²) >= 11 is 8.51. The minimum atomic E-state index is -4.64. The Balaban J connectivity index is 1.97. The Kier molecular flexibility index (Phi) is 6.92. The number of alkyl halides is 3. The number of halogens is 4. The molecule has 2 aromatic heterocycles. The molecule has 0 saturated carbocycles. The number of thiophene rings is 1. The van der Waals surface area contributed by atoms with Gasteiger partial charge in [-0.3, -0.25) is 0 Å². The van der Waals surface area contributed by atoms with Crippen LogP contribution in [0.2, 0.25) is 5.02 Å². The second-order valence-electron chi connectivity index (χ2n) is 7.75. The van der Waals surface area contributed by atoms with E-state index in [0.717, 1.165) is 9.77 Å². The number of hydrogen-bond donors (Lipinski definition) is 0. The van der Waals surface area contributed by atoms with Crippen LogP contribution in [0.25, 0.3) is 0 Å². The first-order chi connectivity index (χ1) is 14.9. The molecule has 0 atom stereocenters. The topological polar surface area (TPSA) is 77.9 Å². The van der Waals surface area contributed by atoms with Gasteiger partial charge in [-0.2, -0.15) is 13.2 Å². The van der Waals surface area contributed by atoms with Gasteiger partial charge >= 0.3 is 18.1 Å². The average molecular weight is 507 g/mol. The van der Waals surface area contributed by atoms with Gasteiger partial charge in [0.15, 0.2) is 5.69 Å². The maximum Gasteiger partial charge on any atom is 0.417 e. The highest BCUT2D eigenvalue weighted by Gasteiger charge is 2.37. The van der Waals surface area contributed by atoms with Gasteiger partial charge in [-0.15, -0.1) is 23.1 Å². The second-order valence-corrected chi connectivity index (χ2v) is 10.3. The summed E-state index contributed by atoms with van der Waals surface area (Å²) in [5, 5.41) is 3.51. The van der Waals surface area contributed by atoms with Gasteiger partial charge in [0.2, 0.25) is 0 Å². The third-order valence-corrected chi connectivity index (χ3v) is 7.34. The van der Waals surface area contributed by atoms with Crippen LogP contribution in [0.4, 0.5) is 13.2 Å².